The van der Waals surface area contributed by atoms with Crippen LogP contribution in [-0.2, 0) is 4.79 Å². The molecule has 1 unspecified atom stereocenters. The zero-order valence-corrected chi connectivity index (χ0v) is 21.6. The van der Waals surface area contributed by atoms with Crippen LogP contribution in [0.3, 0.4) is 0 Å². The first-order valence-corrected chi connectivity index (χ1v) is 12.1. The molecule has 2 N–H and O–H groups in total. The molecule has 10 nitrogen and oxygen atoms in total. The molecule has 10 heteroatoms. The van der Waals surface area contributed by atoms with E-state index in [2.05, 4.69) is 15.6 Å². The third-order valence-corrected chi connectivity index (χ3v) is 6.17. The number of para-hydroxylation sites is 1. The second kappa shape index (κ2) is 10.6. The lowest BCUT2D eigenvalue weighted by atomic mass is 9.94. The van der Waals surface area contributed by atoms with Gasteiger partial charge in [0, 0.05) is 23.0 Å². The number of allylic oxidation sites excluding steroid dienone is 1. The van der Waals surface area contributed by atoms with Crippen LogP contribution in [0.1, 0.15) is 25.5 Å². The van der Waals surface area contributed by atoms with E-state index >= 15 is 0 Å². The van der Waals surface area contributed by atoms with Gasteiger partial charge in [0.05, 0.1) is 38.3 Å². The number of carbonyl (C=O) groups is 1. The van der Waals surface area contributed by atoms with Crippen LogP contribution in [0.5, 0.6) is 17.2 Å². The van der Waals surface area contributed by atoms with Crippen LogP contribution in [-0.4, -0.2) is 46.5 Å². The molecule has 194 valence electrons. The Morgan fingerprint density at radius 2 is 1.87 bits per heavy atom. The fourth-order valence-electron chi connectivity index (χ4n) is 4.46. The third kappa shape index (κ3) is 4.63. The molecule has 2 aromatic heterocycles. The van der Waals surface area contributed by atoms with Crippen molar-refractivity contribution in [3.8, 4) is 28.6 Å². The number of anilines is 2. The molecule has 1 amide bonds. The Balaban J connectivity index is 1.63. The Morgan fingerprint density at radius 1 is 1.05 bits per heavy atom. The van der Waals surface area contributed by atoms with Gasteiger partial charge < -0.3 is 24.8 Å². The van der Waals surface area contributed by atoms with E-state index in [4.69, 9.17) is 24.3 Å². The normalized spacial score (nSPS) is 14.4. The molecule has 1 aliphatic rings. The van der Waals surface area contributed by atoms with Crippen molar-refractivity contribution in [2.45, 2.75) is 19.9 Å². The molecule has 2 aromatic carbocycles. The van der Waals surface area contributed by atoms with E-state index in [1.807, 2.05) is 50.2 Å². The summed E-state index contributed by atoms with van der Waals surface area (Å²) < 4.78 is 18.5. The minimum Gasteiger partial charge on any atom is -0.494 e. The molecule has 3 heterocycles. The monoisotopic (exact) mass is 512 g/mol. The van der Waals surface area contributed by atoms with Gasteiger partial charge in [-0.3, -0.25) is 9.78 Å². The Hall–Kier alpha value is -4.86. The van der Waals surface area contributed by atoms with E-state index in [0.717, 1.165) is 11.1 Å². The molecule has 0 radical (unpaired) electrons. The average molecular weight is 513 g/mol. The smallest absolute Gasteiger partial charge is 0.255 e. The lowest BCUT2D eigenvalue weighted by Gasteiger charge is -2.29. The van der Waals surface area contributed by atoms with Crippen molar-refractivity contribution in [2.75, 3.05) is 31.5 Å². The molecule has 0 saturated heterocycles. The summed E-state index contributed by atoms with van der Waals surface area (Å²) in [6.07, 6.45) is 3.25. The number of ether oxygens (including phenoxy) is 3. The molecule has 5 rings (SSSR count). The molecule has 0 fully saturated rings. The first kappa shape index (κ1) is 24.8. The van der Waals surface area contributed by atoms with Gasteiger partial charge in [-0.1, -0.05) is 18.2 Å². The van der Waals surface area contributed by atoms with E-state index in [1.165, 1.54) is 0 Å². The van der Waals surface area contributed by atoms with Gasteiger partial charge in [-0.25, -0.2) is 4.68 Å². The fourth-order valence-corrected chi connectivity index (χ4v) is 4.46. The predicted molar refractivity (Wildman–Crippen MR) is 144 cm³/mol. The number of nitrogens with zero attached hydrogens (tertiary/aromatic N) is 4. The zero-order valence-electron chi connectivity index (χ0n) is 21.6. The number of pyridine rings is 1. The Bertz CT molecular complexity index is 1500. The zero-order chi connectivity index (χ0) is 26.6. The van der Waals surface area contributed by atoms with E-state index in [0.29, 0.717) is 52.6 Å². The molecule has 0 saturated carbocycles. The lowest BCUT2D eigenvalue weighted by Crippen LogP contribution is -2.31. The first-order chi connectivity index (χ1) is 18.5. The average Bonchev–Trinajstić information content (AvgIpc) is 3.36. The largest absolute Gasteiger partial charge is 0.494 e. The number of aromatic nitrogens is 4. The molecular formula is C28H28N6O4. The van der Waals surface area contributed by atoms with Crippen LogP contribution in [0.15, 0.2) is 78.3 Å². The number of fused-ring (bicyclic) bond motifs is 1. The van der Waals surface area contributed by atoms with Crippen LogP contribution in [0.4, 0.5) is 11.6 Å². The Kier molecular flexibility index (Phi) is 6.94. The Labute approximate surface area is 220 Å². The highest BCUT2D eigenvalue weighted by molar-refractivity contribution is 6.06. The number of hydrogen-bond donors (Lipinski definition) is 2. The van der Waals surface area contributed by atoms with Crippen molar-refractivity contribution in [1.29, 1.82) is 0 Å². The summed E-state index contributed by atoms with van der Waals surface area (Å²) in [5.41, 5.74) is 3.25. The minimum atomic E-state index is -0.605. The van der Waals surface area contributed by atoms with Gasteiger partial charge in [-0.2, -0.15) is 4.98 Å². The van der Waals surface area contributed by atoms with E-state index < -0.39 is 6.04 Å². The van der Waals surface area contributed by atoms with Gasteiger partial charge >= 0.3 is 0 Å². The highest BCUT2D eigenvalue weighted by Gasteiger charge is 2.36. The van der Waals surface area contributed by atoms with Gasteiger partial charge in [0.15, 0.2) is 17.3 Å². The van der Waals surface area contributed by atoms with Crippen molar-refractivity contribution in [1.82, 2.24) is 19.7 Å². The van der Waals surface area contributed by atoms with Crippen LogP contribution >= 0.6 is 0 Å². The van der Waals surface area contributed by atoms with Crippen molar-refractivity contribution < 1.29 is 19.0 Å². The van der Waals surface area contributed by atoms with E-state index in [-0.39, 0.29) is 5.91 Å². The molecule has 1 atom stereocenters. The molecule has 0 bridgehead atoms. The summed E-state index contributed by atoms with van der Waals surface area (Å²) in [6.45, 7) is 4.25. The van der Waals surface area contributed by atoms with E-state index in [1.54, 1.807) is 49.5 Å². The molecule has 0 spiro atoms. The topological polar surface area (TPSA) is 112 Å². The Morgan fingerprint density at radius 3 is 2.61 bits per heavy atom. The quantitative estimate of drug-likeness (QED) is 0.350. The van der Waals surface area contributed by atoms with Gasteiger partial charge in [0.25, 0.3) is 5.91 Å². The maximum atomic E-state index is 13.7. The van der Waals surface area contributed by atoms with Crippen molar-refractivity contribution >= 4 is 17.5 Å². The molecular weight excluding hydrogens is 484 g/mol. The van der Waals surface area contributed by atoms with Gasteiger partial charge in [0.2, 0.25) is 5.95 Å². The molecule has 38 heavy (non-hydrogen) atoms. The third-order valence-electron chi connectivity index (χ3n) is 6.17. The molecule has 4 aromatic rings. The summed E-state index contributed by atoms with van der Waals surface area (Å²) in [4.78, 5) is 22.6. The standard InChI is InChI=1S/C28H28N6O4/c1-5-38-21-11-7-6-10-20(21)25-24(27(35)31-19-9-8-14-29-16-19)17(2)30-28-32-26(33-34(25)28)18-12-13-22(36-3)23(15-18)37-4/h6-16,25H,5H2,1-4H3,(H,31,35)(H,30,32,33). The van der Waals surface area contributed by atoms with Crippen LogP contribution in [0, 0.1) is 0 Å². The second-order valence-electron chi connectivity index (χ2n) is 8.51. The predicted octanol–water partition coefficient (Wildman–Crippen LogP) is 4.68. The summed E-state index contributed by atoms with van der Waals surface area (Å²) in [5, 5.41) is 11.1. The van der Waals surface area contributed by atoms with Gasteiger partial charge in [-0.05, 0) is 50.2 Å². The van der Waals surface area contributed by atoms with Crippen LogP contribution in [0.2, 0.25) is 0 Å². The summed E-state index contributed by atoms with van der Waals surface area (Å²) >= 11 is 0. The maximum absolute atomic E-state index is 13.7. The summed E-state index contributed by atoms with van der Waals surface area (Å²) in [7, 11) is 3.16. The fraction of sp³-hybridized carbons (Fsp3) is 0.214. The van der Waals surface area contributed by atoms with Gasteiger partial charge in [0.1, 0.15) is 11.8 Å². The lowest BCUT2D eigenvalue weighted by molar-refractivity contribution is -0.113. The number of carbonyl (C=O) groups excluding carboxylic acids is 1. The van der Waals surface area contributed by atoms with Crippen LogP contribution < -0.4 is 24.8 Å². The minimum absolute atomic E-state index is 0.284. The number of nitrogens with one attached hydrogen (secondary N) is 2. The SMILES string of the molecule is CCOc1ccccc1C1C(C(=O)Nc2cccnc2)=C(C)Nc2nc(-c3ccc(OC)c(OC)c3)nn21. The summed E-state index contributed by atoms with van der Waals surface area (Å²) in [6, 6.07) is 16.1. The highest BCUT2D eigenvalue weighted by atomic mass is 16.5. The maximum Gasteiger partial charge on any atom is 0.255 e. The first-order valence-electron chi connectivity index (χ1n) is 12.1. The van der Waals surface area contributed by atoms with E-state index in [9.17, 15) is 4.79 Å². The van der Waals surface area contributed by atoms with Gasteiger partial charge in [-0.15, -0.1) is 5.10 Å². The molecule has 1 aliphatic heterocycles. The highest BCUT2D eigenvalue weighted by Crippen LogP contribution is 2.41. The number of methoxy groups -OCH3 is 2. The second-order valence-corrected chi connectivity index (χ2v) is 8.51. The van der Waals surface area contributed by atoms with Crippen molar-refractivity contribution in [3.63, 3.8) is 0 Å². The van der Waals surface area contributed by atoms with Crippen molar-refractivity contribution in [3.05, 3.63) is 83.8 Å². The number of rotatable bonds is 8. The number of benzene rings is 2. The summed E-state index contributed by atoms with van der Waals surface area (Å²) in [5.74, 6) is 2.52. The van der Waals surface area contributed by atoms with Crippen molar-refractivity contribution in [2.24, 2.45) is 0 Å². The number of hydrogen-bond acceptors (Lipinski definition) is 8. The van der Waals surface area contributed by atoms with Crippen LogP contribution in [0.25, 0.3) is 11.4 Å². The number of amides is 1. The molecule has 0 aliphatic carbocycles.